The summed E-state index contributed by atoms with van der Waals surface area (Å²) in [6, 6.07) is 14.3. The molecule has 3 aromatic carbocycles. The summed E-state index contributed by atoms with van der Waals surface area (Å²) in [7, 11) is -4.02. The van der Waals surface area contributed by atoms with Gasteiger partial charge in [0, 0.05) is 21.5 Å². The first kappa shape index (κ1) is 24.7. The number of carbonyl (C=O) groups excluding carboxylic acids is 1. The Morgan fingerprint density at radius 3 is 2.55 bits per heavy atom. The third-order valence-corrected chi connectivity index (χ3v) is 6.70. The molecule has 0 saturated heterocycles. The summed E-state index contributed by atoms with van der Waals surface area (Å²) in [4.78, 5) is 13.0. The van der Waals surface area contributed by atoms with Gasteiger partial charge >= 0.3 is 0 Å². The van der Waals surface area contributed by atoms with Crippen LogP contribution in [0.25, 0.3) is 10.8 Å². The first-order chi connectivity index (χ1) is 15.5. The molecule has 1 amide bonds. The number of amides is 1. The highest BCUT2D eigenvalue weighted by Gasteiger charge is 2.33. The molecule has 0 saturated carbocycles. The van der Waals surface area contributed by atoms with E-state index in [0.29, 0.717) is 18.0 Å². The van der Waals surface area contributed by atoms with E-state index in [9.17, 15) is 17.6 Å². The monoisotopic (exact) mass is 490 g/mol. The summed E-state index contributed by atoms with van der Waals surface area (Å²) in [6.45, 7) is 6.86. The van der Waals surface area contributed by atoms with E-state index >= 15 is 0 Å². The number of benzene rings is 3. The second-order valence-electron chi connectivity index (χ2n) is 7.93. The molecule has 0 unspecified atom stereocenters. The van der Waals surface area contributed by atoms with E-state index < -0.39 is 33.0 Å². The number of carbonyl (C=O) groups is 1. The second kappa shape index (κ2) is 9.91. The lowest BCUT2D eigenvalue weighted by Crippen LogP contribution is -2.52. The van der Waals surface area contributed by atoms with Crippen molar-refractivity contribution in [2.45, 2.75) is 25.1 Å². The molecule has 3 rings (SSSR count). The summed E-state index contributed by atoms with van der Waals surface area (Å²) in [5.74, 6) is -1.11. The van der Waals surface area contributed by atoms with Crippen LogP contribution >= 0.6 is 11.6 Å². The van der Waals surface area contributed by atoms with Crippen LogP contribution in [0.15, 0.2) is 67.3 Å². The van der Waals surface area contributed by atoms with Gasteiger partial charge in [0.2, 0.25) is 15.9 Å². The summed E-state index contributed by atoms with van der Waals surface area (Å²) in [5.41, 5.74) is -0.902. The molecule has 9 heteroatoms. The standard InChI is InChI=1S/C24H24ClFN2O4S/c1-4-13-32-22-12-11-21(18-7-5-6-8-19(18)22)27-23(29)24(2,3)28-33(30,31)15-16-14-17(26)9-10-20(16)25/h4-12,14,28H,1,13,15H2,2-3H3,(H,27,29). The van der Waals surface area contributed by atoms with Crippen LogP contribution in [0.1, 0.15) is 19.4 Å². The number of halogens is 2. The Balaban J connectivity index is 1.81. The fourth-order valence-electron chi connectivity index (χ4n) is 3.26. The van der Waals surface area contributed by atoms with Gasteiger partial charge in [-0.15, -0.1) is 0 Å². The van der Waals surface area contributed by atoms with Crippen LogP contribution in [0.2, 0.25) is 5.02 Å². The molecule has 0 radical (unpaired) electrons. The van der Waals surface area contributed by atoms with Crippen molar-refractivity contribution in [1.29, 1.82) is 0 Å². The van der Waals surface area contributed by atoms with Crippen LogP contribution in [0.5, 0.6) is 5.75 Å². The minimum absolute atomic E-state index is 0.0986. The second-order valence-corrected chi connectivity index (χ2v) is 10.1. The van der Waals surface area contributed by atoms with E-state index in [0.717, 1.165) is 22.9 Å². The topological polar surface area (TPSA) is 84.5 Å². The molecule has 0 atom stereocenters. The zero-order valence-corrected chi connectivity index (χ0v) is 19.8. The largest absolute Gasteiger partial charge is 0.489 e. The van der Waals surface area contributed by atoms with Crippen LogP contribution in [-0.2, 0) is 20.6 Å². The Morgan fingerprint density at radius 1 is 1.15 bits per heavy atom. The zero-order valence-electron chi connectivity index (χ0n) is 18.2. The zero-order chi connectivity index (χ0) is 24.2. The van der Waals surface area contributed by atoms with Gasteiger partial charge < -0.3 is 10.1 Å². The van der Waals surface area contributed by atoms with Crippen LogP contribution in [0, 0.1) is 5.82 Å². The quantitative estimate of drug-likeness (QED) is 0.412. The highest BCUT2D eigenvalue weighted by molar-refractivity contribution is 7.88. The molecule has 3 aromatic rings. The average molecular weight is 491 g/mol. The van der Waals surface area contributed by atoms with Crippen LogP contribution in [0.4, 0.5) is 10.1 Å². The average Bonchev–Trinajstić information content (AvgIpc) is 2.74. The van der Waals surface area contributed by atoms with Crippen molar-refractivity contribution in [2.24, 2.45) is 0 Å². The minimum atomic E-state index is -4.02. The third-order valence-electron chi connectivity index (χ3n) is 4.82. The molecule has 0 bridgehead atoms. The Bertz CT molecular complexity index is 1310. The Kier molecular flexibility index (Phi) is 7.41. The lowest BCUT2D eigenvalue weighted by molar-refractivity contribution is -0.120. The number of hydrogen-bond donors (Lipinski definition) is 2. The van der Waals surface area contributed by atoms with E-state index in [2.05, 4.69) is 16.6 Å². The van der Waals surface area contributed by atoms with E-state index in [-0.39, 0.29) is 10.6 Å². The van der Waals surface area contributed by atoms with Gasteiger partial charge in [-0.1, -0.05) is 48.5 Å². The number of anilines is 1. The molecule has 0 heterocycles. The van der Waals surface area contributed by atoms with Gasteiger partial charge in [0.15, 0.2) is 0 Å². The van der Waals surface area contributed by atoms with Gasteiger partial charge in [-0.3, -0.25) is 4.79 Å². The fourth-order valence-corrected chi connectivity index (χ4v) is 5.12. The summed E-state index contributed by atoms with van der Waals surface area (Å²) in [6.07, 6.45) is 1.64. The first-order valence-corrected chi connectivity index (χ1v) is 12.1. The van der Waals surface area contributed by atoms with Crippen LogP contribution in [-0.4, -0.2) is 26.5 Å². The molecule has 0 spiro atoms. The highest BCUT2D eigenvalue weighted by Crippen LogP contribution is 2.32. The molecular formula is C24H24ClFN2O4S. The van der Waals surface area contributed by atoms with Crippen LogP contribution < -0.4 is 14.8 Å². The maximum atomic E-state index is 13.5. The van der Waals surface area contributed by atoms with Crippen molar-refractivity contribution in [3.63, 3.8) is 0 Å². The van der Waals surface area contributed by atoms with E-state index in [1.807, 2.05) is 24.3 Å². The number of ether oxygens (including phenoxy) is 1. The predicted molar refractivity (Wildman–Crippen MR) is 130 cm³/mol. The Morgan fingerprint density at radius 2 is 1.85 bits per heavy atom. The Hall–Kier alpha value is -2.94. The number of sulfonamides is 1. The normalized spacial score (nSPS) is 11.9. The maximum absolute atomic E-state index is 13.5. The lowest BCUT2D eigenvalue weighted by atomic mass is 10.0. The van der Waals surface area contributed by atoms with Crippen molar-refractivity contribution >= 4 is 44.0 Å². The van der Waals surface area contributed by atoms with E-state index in [1.165, 1.54) is 19.9 Å². The summed E-state index contributed by atoms with van der Waals surface area (Å²) >= 11 is 5.99. The van der Waals surface area contributed by atoms with Gasteiger partial charge in [-0.2, -0.15) is 4.72 Å². The number of rotatable bonds is 9. The van der Waals surface area contributed by atoms with Gasteiger partial charge in [-0.25, -0.2) is 12.8 Å². The number of fused-ring (bicyclic) bond motifs is 1. The Labute approximate surface area is 197 Å². The molecule has 174 valence electrons. The summed E-state index contributed by atoms with van der Waals surface area (Å²) in [5, 5.41) is 4.43. The van der Waals surface area contributed by atoms with E-state index in [4.69, 9.17) is 16.3 Å². The third kappa shape index (κ3) is 6.10. The van der Waals surface area contributed by atoms with Gasteiger partial charge in [0.25, 0.3) is 0 Å². The predicted octanol–water partition coefficient (Wildman–Crippen LogP) is 5.03. The van der Waals surface area contributed by atoms with Gasteiger partial charge in [0.05, 0.1) is 5.75 Å². The van der Waals surface area contributed by atoms with Crippen molar-refractivity contribution in [3.8, 4) is 5.75 Å². The minimum Gasteiger partial charge on any atom is -0.489 e. The van der Waals surface area contributed by atoms with Gasteiger partial charge in [-0.05, 0) is 49.7 Å². The molecular weight excluding hydrogens is 467 g/mol. The SMILES string of the molecule is C=CCOc1ccc(NC(=O)C(C)(C)NS(=O)(=O)Cc2cc(F)ccc2Cl)c2ccccc12. The van der Waals surface area contributed by atoms with E-state index in [1.54, 1.807) is 18.2 Å². The summed E-state index contributed by atoms with van der Waals surface area (Å²) < 4.78 is 47.0. The number of hydrogen-bond acceptors (Lipinski definition) is 4. The lowest BCUT2D eigenvalue weighted by Gasteiger charge is -2.25. The molecule has 2 N–H and O–H groups in total. The molecule has 0 aromatic heterocycles. The first-order valence-electron chi connectivity index (χ1n) is 10.0. The van der Waals surface area contributed by atoms with Crippen molar-refractivity contribution in [1.82, 2.24) is 4.72 Å². The molecule has 33 heavy (non-hydrogen) atoms. The molecule has 0 fully saturated rings. The highest BCUT2D eigenvalue weighted by atomic mass is 35.5. The molecule has 0 aliphatic heterocycles. The molecule has 0 aliphatic rings. The van der Waals surface area contributed by atoms with Gasteiger partial charge in [0.1, 0.15) is 23.7 Å². The smallest absolute Gasteiger partial charge is 0.245 e. The van der Waals surface area contributed by atoms with Crippen molar-refractivity contribution in [3.05, 3.63) is 83.7 Å². The van der Waals surface area contributed by atoms with Crippen LogP contribution in [0.3, 0.4) is 0 Å². The maximum Gasteiger partial charge on any atom is 0.245 e. The van der Waals surface area contributed by atoms with Crippen molar-refractivity contribution < 1.29 is 22.3 Å². The van der Waals surface area contributed by atoms with Crippen molar-refractivity contribution in [2.75, 3.05) is 11.9 Å². The molecule has 6 nitrogen and oxygen atoms in total. The fraction of sp³-hybridized carbons (Fsp3) is 0.208. The molecule has 0 aliphatic carbocycles. The number of nitrogens with one attached hydrogen (secondary N) is 2.